The molecule has 0 bridgehead atoms. The lowest BCUT2D eigenvalue weighted by molar-refractivity contribution is -0.134. The quantitative estimate of drug-likeness (QED) is 0.811. The Morgan fingerprint density at radius 3 is 2.87 bits per heavy atom. The van der Waals surface area contributed by atoms with Crippen molar-refractivity contribution in [3.8, 4) is 0 Å². The summed E-state index contributed by atoms with van der Waals surface area (Å²) in [4.78, 5) is 36.8. The Hall–Kier alpha value is -2.44. The predicted molar refractivity (Wildman–Crippen MR) is 79.9 cm³/mol. The second-order valence-corrected chi connectivity index (χ2v) is 5.94. The predicted octanol–water partition coefficient (Wildman–Crippen LogP) is 0.957. The highest BCUT2D eigenvalue weighted by atomic mass is 19.1. The number of urea groups is 1. The van der Waals surface area contributed by atoms with Gasteiger partial charge in [-0.1, -0.05) is 12.1 Å². The summed E-state index contributed by atoms with van der Waals surface area (Å²) in [6.45, 7) is 0.626. The molecule has 6 nitrogen and oxygen atoms in total. The maximum Gasteiger partial charge on any atom is 0.322 e. The van der Waals surface area contributed by atoms with Crippen LogP contribution < -0.4 is 10.6 Å². The summed E-state index contributed by atoms with van der Waals surface area (Å²) in [6.07, 6.45) is 2.28. The zero-order valence-electron chi connectivity index (χ0n) is 12.5. The van der Waals surface area contributed by atoms with Crippen LogP contribution in [-0.4, -0.2) is 41.4 Å². The van der Waals surface area contributed by atoms with Gasteiger partial charge in [-0.05, 0) is 37.0 Å². The molecule has 1 aromatic carbocycles. The van der Waals surface area contributed by atoms with Gasteiger partial charge >= 0.3 is 6.03 Å². The van der Waals surface area contributed by atoms with E-state index in [1.54, 1.807) is 11.0 Å². The van der Waals surface area contributed by atoms with Gasteiger partial charge in [-0.15, -0.1) is 0 Å². The molecule has 2 aliphatic rings. The van der Waals surface area contributed by atoms with Gasteiger partial charge in [-0.3, -0.25) is 14.9 Å². The van der Waals surface area contributed by atoms with Gasteiger partial charge in [-0.2, -0.15) is 0 Å². The molecule has 2 fully saturated rings. The van der Waals surface area contributed by atoms with Gasteiger partial charge < -0.3 is 10.2 Å². The zero-order valence-corrected chi connectivity index (χ0v) is 12.5. The van der Waals surface area contributed by atoms with Crippen LogP contribution in [0.4, 0.5) is 9.18 Å². The number of likely N-dealkylation sites (tertiary alicyclic amines) is 1. The van der Waals surface area contributed by atoms with Crippen molar-refractivity contribution in [2.45, 2.75) is 37.8 Å². The minimum atomic E-state index is -0.801. The van der Waals surface area contributed by atoms with Gasteiger partial charge in [0.1, 0.15) is 11.9 Å². The van der Waals surface area contributed by atoms with Gasteiger partial charge in [0.25, 0.3) is 5.91 Å². The lowest BCUT2D eigenvalue weighted by atomic mass is 10.0. The number of carbonyl (C=O) groups is 3. The zero-order chi connectivity index (χ0) is 16.4. The van der Waals surface area contributed by atoms with E-state index in [1.165, 1.54) is 12.1 Å². The fourth-order valence-corrected chi connectivity index (χ4v) is 3.21. The average molecular weight is 319 g/mol. The van der Waals surface area contributed by atoms with Crippen LogP contribution >= 0.6 is 0 Å². The molecule has 0 saturated carbocycles. The maximum atomic E-state index is 13.3. The van der Waals surface area contributed by atoms with E-state index >= 15 is 0 Å². The number of imide groups is 1. The molecule has 2 aliphatic heterocycles. The van der Waals surface area contributed by atoms with Crippen molar-refractivity contribution in [1.82, 2.24) is 15.5 Å². The van der Waals surface area contributed by atoms with Crippen molar-refractivity contribution >= 4 is 17.8 Å². The third-order valence-corrected chi connectivity index (χ3v) is 4.30. The summed E-state index contributed by atoms with van der Waals surface area (Å²) in [5.41, 5.74) is 0.849. The Balaban J connectivity index is 1.63. The molecule has 2 heterocycles. The van der Waals surface area contributed by atoms with Gasteiger partial charge in [0.05, 0.1) is 6.42 Å². The lowest BCUT2D eigenvalue weighted by Crippen LogP contribution is -2.41. The lowest BCUT2D eigenvalue weighted by Gasteiger charge is -2.25. The molecular weight excluding hydrogens is 301 g/mol. The number of carbonyl (C=O) groups excluding carboxylic acids is 3. The van der Waals surface area contributed by atoms with E-state index in [0.29, 0.717) is 13.0 Å². The van der Waals surface area contributed by atoms with Crippen LogP contribution in [0.3, 0.4) is 0 Å². The minimum Gasteiger partial charge on any atom is -0.339 e. The monoisotopic (exact) mass is 319 g/mol. The molecule has 2 atom stereocenters. The van der Waals surface area contributed by atoms with Gasteiger partial charge in [0.2, 0.25) is 5.91 Å². The van der Waals surface area contributed by atoms with Crippen LogP contribution in [0.25, 0.3) is 0 Å². The second kappa shape index (κ2) is 6.36. The Morgan fingerprint density at radius 2 is 2.17 bits per heavy atom. The fraction of sp³-hybridized carbons (Fsp3) is 0.438. The smallest absolute Gasteiger partial charge is 0.322 e. The SMILES string of the molecule is O=C1NC(=O)[C@@H](CC(=O)N2CCC[C@@H]2Cc2cccc(F)c2)N1. The molecule has 122 valence electrons. The average Bonchev–Trinajstić information content (AvgIpc) is 3.06. The third-order valence-electron chi connectivity index (χ3n) is 4.30. The van der Waals surface area contributed by atoms with Crippen molar-refractivity contribution in [2.75, 3.05) is 6.54 Å². The first kappa shape index (κ1) is 15.5. The number of amides is 4. The highest BCUT2D eigenvalue weighted by Gasteiger charge is 2.35. The van der Waals surface area contributed by atoms with Crippen LogP contribution in [0.5, 0.6) is 0 Å². The van der Waals surface area contributed by atoms with Crippen molar-refractivity contribution < 1.29 is 18.8 Å². The summed E-state index contributed by atoms with van der Waals surface area (Å²) in [7, 11) is 0. The van der Waals surface area contributed by atoms with Crippen LogP contribution in [0.2, 0.25) is 0 Å². The Labute approximate surface area is 133 Å². The Bertz CT molecular complexity index is 649. The van der Waals surface area contributed by atoms with Gasteiger partial charge in [-0.25, -0.2) is 9.18 Å². The molecule has 1 aromatic rings. The normalized spacial score (nSPS) is 23.8. The third kappa shape index (κ3) is 3.49. The number of halogens is 1. The van der Waals surface area contributed by atoms with E-state index in [-0.39, 0.29) is 24.2 Å². The molecule has 0 aromatic heterocycles. The van der Waals surface area contributed by atoms with Gasteiger partial charge in [0.15, 0.2) is 0 Å². The molecule has 2 saturated heterocycles. The first-order chi connectivity index (χ1) is 11.0. The number of rotatable bonds is 4. The molecule has 23 heavy (non-hydrogen) atoms. The topological polar surface area (TPSA) is 78.5 Å². The van der Waals surface area contributed by atoms with Crippen LogP contribution in [0, 0.1) is 5.82 Å². The number of hydrogen-bond acceptors (Lipinski definition) is 3. The van der Waals surface area contributed by atoms with Crippen molar-refractivity contribution in [3.63, 3.8) is 0 Å². The summed E-state index contributed by atoms with van der Waals surface area (Å²) >= 11 is 0. The number of nitrogens with one attached hydrogen (secondary N) is 2. The van der Waals surface area contributed by atoms with E-state index in [0.717, 1.165) is 18.4 Å². The first-order valence-electron chi connectivity index (χ1n) is 7.68. The van der Waals surface area contributed by atoms with Gasteiger partial charge in [0, 0.05) is 12.6 Å². The molecule has 0 radical (unpaired) electrons. The minimum absolute atomic E-state index is 0.00414. The molecular formula is C16H18FN3O3. The Kier molecular flexibility index (Phi) is 4.27. The van der Waals surface area contributed by atoms with E-state index in [1.807, 2.05) is 6.07 Å². The van der Waals surface area contributed by atoms with Crippen LogP contribution in [0.1, 0.15) is 24.8 Å². The molecule has 0 spiro atoms. The number of hydrogen-bond donors (Lipinski definition) is 2. The van der Waals surface area contributed by atoms with E-state index in [9.17, 15) is 18.8 Å². The second-order valence-electron chi connectivity index (χ2n) is 5.94. The molecule has 7 heteroatoms. The van der Waals surface area contributed by atoms with Crippen molar-refractivity contribution in [3.05, 3.63) is 35.6 Å². The molecule has 4 amide bonds. The molecule has 2 N–H and O–H groups in total. The fourth-order valence-electron chi connectivity index (χ4n) is 3.21. The molecule has 3 rings (SSSR count). The van der Waals surface area contributed by atoms with Crippen LogP contribution in [-0.2, 0) is 16.0 Å². The number of benzene rings is 1. The van der Waals surface area contributed by atoms with E-state index in [2.05, 4.69) is 10.6 Å². The van der Waals surface area contributed by atoms with E-state index < -0.39 is 18.0 Å². The standard InChI is InChI=1S/C16H18FN3O3/c17-11-4-1-3-10(7-11)8-12-5-2-6-20(12)14(21)9-13-15(22)19-16(23)18-13/h1,3-4,7,12-13H,2,5-6,8-9H2,(H2,18,19,22,23)/t12-,13-/m1/s1. The number of nitrogens with zero attached hydrogens (tertiary/aromatic N) is 1. The molecule has 0 unspecified atom stereocenters. The maximum absolute atomic E-state index is 13.3. The Morgan fingerprint density at radius 1 is 1.35 bits per heavy atom. The first-order valence-corrected chi connectivity index (χ1v) is 7.68. The highest BCUT2D eigenvalue weighted by molar-refractivity contribution is 6.05. The van der Waals surface area contributed by atoms with E-state index in [4.69, 9.17) is 0 Å². The summed E-state index contributed by atoms with van der Waals surface area (Å²) in [5, 5.41) is 4.55. The summed E-state index contributed by atoms with van der Waals surface area (Å²) in [6, 6.07) is 5.01. The highest BCUT2D eigenvalue weighted by Crippen LogP contribution is 2.23. The van der Waals surface area contributed by atoms with Crippen molar-refractivity contribution in [1.29, 1.82) is 0 Å². The van der Waals surface area contributed by atoms with Crippen molar-refractivity contribution in [2.24, 2.45) is 0 Å². The largest absolute Gasteiger partial charge is 0.339 e. The summed E-state index contributed by atoms with van der Waals surface area (Å²) < 4.78 is 13.3. The van der Waals surface area contributed by atoms with Crippen LogP contribution in [0.15, 0.2) is 24.3 Å². The summed E-state index contributed by atoms with van der Waals surface area (Å²) in [5.74, 6) is -0.917. The molecule has 0 aliphatic carbocycles.